The van der Waals surface area contributed by atoms with Crippen molar-refractivity contribution in [2.24, 2.45) is 0 Å². The van der Waals surface area contributed by atoms with Crippen molar-refractivity contribution in [2.75, 3.05) is 13.2 Å². The lowest BCUT2D eigenvalue weighted by Crippen LogP contribution is -2.16. The van der Waals surface area contributed by atoms with Crippen LogP contribution in [0.3, 0.4) is 0 Å². The number of fused-ring (bicyclic) bond motifs is 1. The van der Waals surface area contributed by atoms with Gasteiger partial charge in [-0.2, -0.15) is 0 Å². The van der Waals surface area contributed by atoms with Gasteiger partial charge in [0.1, 0.15) is 13.2 Å². The van der Waals surface area contributed by atoms with Crippen molar-refractivity contribution >= 4 is 5.97 Å². The molecule has 16 heavy (non-hydrogen) atoms. The summed E-state index contributed by atoms with van der Waals surface area (Å²) in [7, 11) is 0. The first kappa shape index (κ1) is 10.8. The predicted octanol–water partition coefficient (Wildman–Crippen LogP) is 1.65. The Bertz CT molecular complexity index is 412. The fourth-order valence-electron chi connectivity index (χ4n) is 1.83. The van der Waals surface area contributed by atoms with E-state index in [0.717, 1.165) is 23.3 Å². The van der Waals surface area contributed by atoms with E-state index in [4.69, 9.17) is 14.6 Å². The maximum absolute atomic E-state index is 10.7. The average Bonchev–Trinajstić information content (AvgIpc) is 2.27. The molecule has 86 valence electrons. The number of aliphatic carboxylic acids is 1. The Hall–Kier alpha value is -1.71. The Balaban J connectivity index is 2.39. The predicted molar refractivity (Wildman–Crippen MR) is 58.1 cm³/mol. The van der Waals surface area contributed by atoms with Crippen LogP contribution < -0.4 is 9.47 Å². The summed E-state index contributed by atoms with van der Waals surface area (Å²) in [6, 6.07) is 3.66. The van der Waals surface area contributed by atoms with Gasteiger partial charge in [0, 0.05) is 0 Å². The number of benzene rings is 1. The molecule has 1 N–H and O–H groups in total. The van der Waals surface area contributed by atoms with Crippen LogP contribution in [-0.4, -0.2) is 24.3 Å². The smallest absolute Gasteiger partial charge is 0.307 e. The number of carboxylic acids is 1. The fraction of sp³-hybridized carbons (Fsp3) is 0.417. The first-order valence-corrected chi connectivity index (χ1v) is 5.34. The molecule has 4 nitrogen and oxygen atoms in total. The molecule has 2 rings (SSSR count). The van der Waals surface area contributed by atoms with Gasteiger partial charge >= 0.3 is 5.97 Å². The summed E-state index contributed by atoms with van der Waals surface area (Å²) < 4.78 is 10.9. The molecular formula is C12H14O4. The molecule has 1 heterocycles. The van der Waals surface area contributed by atoms with Crippen molar-refractivity contribution < 1.29 is 19.4 Å². The van der Waals surface area contributed by atoms with Gasteiger partial charge in [0.25, 0.3) is 0 Å². The molecule has 0 radical (unpaired) electrons. The largest absolute Gasteiger partial charge is 0.486 e. The molecule has 0 fully saturated rings. The highest BCUT2D eigenvalue weighted by Gasteiger charge is 2.16. The lowest BCUT2D eigenvalue weighted by atomic mass is 10.0. The van der Waals surface area contributed by atoms with Crippen molar-refractivity contribution in [1.82, 2.24) is 0 Å². The zero-order valence-corrected chi connectivity index (χ0v) is 9.16. The van der Waals surface area contributed by atoms with Gasteiger partial charge in [0.15, 0.2) is 11.5 Å². The van der Waals surface area contributed by atoms with Crippen LogP contribution in [0.5, 0.6) is 11.5 Å². The van der Waals surface area contributed by atoms with Crippen LogP contribution in [0.25, 0.3) is 0 Å². The molecule has 0 spiro atoms. The number of carboxylic acid groups (broad SMARTS) is 1. The van der Waals surface area contributed by atoms with Crippen molar-refractivity contribution in [2.45, 2.75) is 19.8 Å². The molecule has 1 aromatic carbocycles. The quantitative estimate of drug-likeness (QED) is 0.844. The molecule has 0 bridgehead atoms. The third-order valence-electron chi connectivity index (χ3n) is 2.59. The lowest BCUT2D eigenvalue weighted by molar-refractivity contribution is -0.136. The number of carbonyl (C=O) groups is 1. The van der Waals surface area contributed by atoms with E-state index < -0.39 is 5.97 Å². The monoisotopic (exact) mass is 222 g/mol. The van der Waals surface area contributed by atoms with Gasteiger partial charge in [-0.1, -0.05) is 6.92 Å². The molecular weight excluding hydrogens is 208 g/mol. The molecule has 1 aliphatic heterocycles. The van der Waals surface area contributed by atoms with E-state index >= 15 is 0 Å². The Morgan fingerprint density at radius 2 is 1.81 bits per heavy atom. The van der Waals surface area contributed by atoms with Crippen molar-refractivity contribution in [3.05, 3.63) is 23.3 Å². The second-order valence-electron chi connectivity index (χ2n) is 3.69. The normalized spacial score (nSPS) is 13.6. The van der Waals surface area contributed by atoms with E-state index in [1.807, 2.05) is 13.0 Å². The first-order chi connectivity index (χ1) is 7.70. The summed E-state index contributed by atoms with van der Waals surface area (Å²) in [5, 5.41) is 8.82. The molecule has 0 atom stereocenters. The summed E-state index contributed by atoms with van der Waals surface area (Å²) in [4.78, 5) is 10.7. The Morgan fingerprint density at radius 1 is 1.25 bits per heavy atom. The van der Waals surface area contributed by atoms with E-state index in [9.17, 15) is 4.79 Å². The third kappa shape index (κ3) is 2.10. The first-order valence-electron chi connectivity index (χ1n) is 5.34. The minimum absolute atomic E-state index is 0.0276. The lowest BCUT2D eigenvalue weighted by Gasteiger charge is -2.20. The van der Waals surface area contributed by atoms with E-state index in [2.05, 4.69) is 0 Å². The molecule has 1 aliphatic rings. The average molecular weight is 222 g/mol. The minimum Gasteiger partial charge on any atom is -0.486 e. The van der Waals surface area contributed by atoms with Gasteiger partial charge in [-0.15, -0.1) is 0 Å². The van der Waals surface area contributed by atoms with E-state index in [-0.39, 0.29) is 6.42 Å². The molecule has 0 amide bonds. The van der Waals surface area contributed by atoms with Crippen LogP contribution in [0.15, 0.2) is 12.1 Å². The highest BCUT2D eigenvalue weighted by molar-refractivity contribution is 5.71. The van der Waals surface area contributed by atoms with Gasteiger partial charge < -0.3 is 14.6 Å². The number of aryl methyl sites for hydroxylation is 1. The zero-order chi connectivity index (χ0) is 11.5. The Labute approximate surface area is 93.8 Å². The van der Waals surface area contributed by atoms with Gasteiger partial charge in [0.05, 0.1) is 6.42 Å². The van der Waals surface area contributed by atoms with Gasteiger partial charge in [-0.3, -0.25) is 4.79 Å². The molecule has 0 unspecified atom stereocenters. The van der Waals surface area contributed by atoms with Crippen molar-refractivity contribution in [3.63, 3.8) is 0 Å². The van der Waals surface area contributed by atoms with Crippen LogP contribution in [0.4, 0.5) is 0 Å². The number of hydrogen-bond donors (Lipinski definition) is 1. The van der Waals surface area contributed by atoms with Crippen molar-refractivity contribution in [3.8, 4) is 11.5 Å². The molecule has 0 saturated carbocycles. The highest BCUT2D eigenvalue weighted by atomic mass is 16.6. The summed E-state index contributed by atoms with van der Waals surface area (Å²) in [6.07, 6.45) is 0.819. The van der Waals surface area contributed by atoms with Crippen LogP contribution in [-0.2, 0) is 17.6 Å². The molecule has 0 aromatic heterocycles. The second-order valence-corrected chi connectivity index (χ2v) is 3.69. The third-order valence-corrected chi connectivity index (χ3v) is 2.59. The van der Waals surface area contributed by atoms with Gasteiger partial charge in [0.2, 0.25) is 0 Å². The van der Waals surface area contributed by atoms with Crippen LogP contribution in [0.1, 0.15) is 18.1 Å². The van der Waals surface area contributed by atoms with Gasteiger partial charge in [-0.05, 0) is 29.7 Å². The summed E-state index contributed by atoms with van der Waals surface area (Å²) in [6.45, 7) is 3.07. The highest BCUT2D eigenvalue weighted by Crippen LogP contribution is 2.33. The van der Waals surface area contributed by atoms with E-state index in [1.54, 1.807) is 6.07 Å². The molecule has 4 heteroatoms. The summed E-state index contributed by atoms with van der Waals surface area (Å²) in [5.74, 6) is 0.545. The molecule has 0 saturated heterocycles. The Morgan fingerprint density at radius 3 is 2.31 bits per heavy atom. The minimum atomic E-state index is -0.827. The van der Waals surface area contributed by atoms with Crippen LogP contribution in [0.2, 0.25) is 0 Å². The summed E-state index contributed by atoms with van der Waals surface area (Å²) in [5.41, 5.74) is 1.81. The number of ether oxygens (including phenoxy) is 2. The molecule has 0 aliphatic carbocycles. The zero-order valence-electron chi connectivity index (χ0n) is 9.16. The van der Waals surface area contributed by atoms with E-state index in [0.29, 0.717) is 19.0 Å². The fourth-order valence-corrected chi connectivity index (χ4v) is 1.83. The summed E-state index contributed by atoms with van der Waals surface area (Å²) >= 11 is 0. The molecule has 1 aromatic rings. The van der Waals surface area contributed by atoms with Crippen LogP contribution >= 0.6 is 0 Å². The number of hydrogen-bond acceptors (Lipinski definition) is 3. The van der Waals surface area contributed by atoms with Crippen LogP contribution in [0, 0.1) is 0 Å². The van der Waals surface area contributed by atoms with Gasteiger partial charge in [-0.25, -0.2) is 0 Å². The number of rotatable bonds is 3. The van der Waals surface area contributed by atoms with Crippen molar-refractivity contribution in [1.29, 1.82) is 0 Å². The maximum Gasteiger partial charge on any atom is 0.307 e. The second kappa shape index (κ2) is 4.43. The Kier molecular flexibility index (Phi) is 2.99. The standard InChI is InChI=1S/C12H14O4/c1-2-8-5-10-11(16-4-3-15-10)6-9(8)7-12(13)14/h5-6H,2-4,7H2,1H3,(H,13,14). The SMILES string of the molecule is CCc1cc2c(cc1CC(=O)O)OCCO2. The topological polar surface area (TPSA) is 55.8 Å². The maximum atomic E-state index is 10.7. The van der Waals surface area contributed by atoms with E-state index in [1.165, 1.54) is 0 Å².